The zero-order chi connectivity index (χ0) is 19.3. The second-order valence-corrected chi connectivity index (χ2v) is 5.50. The quantitative estimate of drug-likeness (QED) is 0.427. The number of nitrogens with zero attached hydrogens (tertiary/aromatic N) is 1. The number of hydrogen-bond donors (Lipinski definition) is 0. The van der Waals surface area contributed by atoms with E-state index in [0.29, 0.717) is 0 Å². The summed E-state index contributed by atoms with van der Waals surface area (Å²) >= 11 is 5.75. The zero-order valence-electron chi connectivity index (χ0n) is 13.8. The van der Waals surface area contributed by atoms with Gasteiger partial charge < -0.3 is 14.2 Å². The van der Waals surface area contributed by atoms with E-state index in [1.165, 1.54) is 56.5 Å². The lowest BCUT2D eigenvalue weighted by molar-refractivity contribution is -0.385. The largest absolute Gasteiger partial charge is 0.466 e. The maximum Gasteiger partial charge on any atom is 0.346 e. The van der Waals surface area contributed by atoms with Gasteiger partial charge in [-0.05, 0) is 43.3 Å². The Morgan fingerprint density at radius 1 is 1.15 bits per heavy atom. The molecule has 9 heteroatoms. The number of hydrogen-bond acceptors (Lipinski definition) is 7. The number of halogens is 1. The molecule has 2 aromatic rings. The van der Waals surface area contributed by atoms with Gasteiger partial charge in [0.1, 0.15) is 5.75 Å². The molecule has 2 rings (SSSR count). The van der Waals surface area contributed by atoms with Crippen LogP contribution in [0.1, 0.15) is 17.3 Å². The number of carbonyl (C=O) groups excluding carboxylic acids is 2. The van der Waals surface area contributed by atoms with Crippen LogP contribution in [0.25, 0.3) is 0 Å². The van der Waals surface area contributed by atoms with Crippen molar-refractivity contribution >= 4 is 29.2 Å². The van der Waals surface area contributed by atoms with Gasteiger partial charge in [0, 0.05) is 11.1 Å². The van der Waals surface area contributed by atoms with Crippen molar-refractivity contribution in [3.63, 3.8) is 0 Å². The van der Waals surface area contributed by atoms with Gasteiger partial charge in [-0.1, -0.05) is 11.6 Å². The SMILES string of the molecule is COC(=O)[C@H](C)OC(=O)c1ccc(Oc2ccc(Cl)cc2[N+](=O)[O-])cc1. The van der Waals surface area contributed by atoms with E-state index >= 15 is 0 Å². The topological polar surface area (TPSA) is 105 Å². The van der Waals surface area contributed by atoms with Gasteiger partial charge in [-0.2, -0.15) is 0 Å². The van der Waals surface area contributed by atoms with Crippen LogP contribution in [0, 0.1) is 10.1 Å². The van der Waals surface area contributed by atoms with Crippen molar-refractivity contribution in [1.29, 1.82) is 0 Å². The average molecular weight is 380 g/mol. The van der Waals surface area contributed by atoms with Crippen LogP contribution in [-0.4, -0.2) is 30.1 Å². The Bertz CT molecular complexity index is 836. The minimum atomic E-state index is -1.04. The molecule has 0 heterocycles. The van der Waals surface area contributed by atoms with Crippen LogP contribution < -0.4 is 4.74 Å². The van der Waals surface area contributed by atoms with Crippen LogP contribution in [0.4, 0.5) is 5.69 Å². The van der Waals surface area contributed by atoms with Crippen LogP contribution in [0.5, 0.6) is 11.5 Å². The van der Waals surface area contributed by atoms with Crippen LogP contribution in [0.15, 0.2) is 42.5 Å². The van der Waals surface area contributed by atoms with Crippen molar-refractivity contribution < 1.29 is 28.7 Å². The first-order valence-electron chi connectivity index (χ1n) is 7.32. The van der Waals surface area contributed by atoms with Crippen molar-refractivity contribution in [2.45, 2.75) is 13.0 Å². The lowest BCUT2D eigenvalue weighted by atomic mass is 10.2. The molecule has 26 heavy (non-hydrogen) atoms. The average Bonchev–Trinajstić information content (AvgIpc) is 2.62. The van der Waals surface area contributed by atoms with E-state index in [-0.39, 0.29) is 27.8 Å². The summed E-state index contributed by atoms with van der Waals surface area (Å²) in [7, 11) is 1.19. The molecule has 1 atom stereocenters. The first-order chi connectivity index (χ1) is 12.3. The molecule has 0 saturated carbocycles. The Morgan fingerprint density at radius 2 is 1.81 bits per heavy atom. The van der Waals surface area contributed by atoms with Crippen molar-refractivity contribution in [2.24, 2.45) is 0 Å². The number of methoxy groups -OCH3 is 1. The van der Waals surface area contributed by atoms with Crippen molar-refractivity contribution in [3.8, 4) is 11.5 Å². The number of carbonyl (C=O) groups is 2. The molecule has 0 fully saturated rings. The maximum atomic E-state index is 12.0. The lowest BCUT2D eigenvalue weighted by Gasteiger charge is -2.11. The summed E-state index contributed by atoms with van der Waals surface area (Å²) in [6.07, 6.45) is -1.04. The highest BCUT2D eigenvalue weighted by Crippen LogP contribution is 2.33. The second-order valence-electron chi connectivity index (χ2n) is 5.07. The van der Waals surface area contributed by atoms with Gasteiger partial charge in [0.15, 0.2) is 6.10 Å². The van der Waals surface area contributed by atoms with Gasteiger partial charge in [-0.15, -0.1) is 0 Å². The number of nitro groups is 1. The Balaban J connectivity index is 2.12. The highest BCUT2D eigenvalue weighted by atomic mass is 35.5. The van der Waals surface area contributed by atoms with Crippen LogP contribution in [0.2, 0.25) is 5.02 Å². The summed E-state index contributed by atoms with van der Waals surface area (Å²) in [6, 6.07) is 9.71. The molecule has 0 spiro atoms. The monoisotopic (exact) mass is 379 g/mol. The van der Waals surface area contributed by atoms with Crippen molar-refractivity contribution in [3.05, 3.63) is 63.2 Å². The van der Waals surface area contributed by atoms with Crippen LogP contribution >= 0.6 is 11.6 Å². The molecular formula is C17H14ClNO7. The van der Waals surface area contributed by atoms with E-state index in [4.69, 9.17) is 21.1 Å². The van der Waals surface area contributed by atoms with Crippen molar-refractivity contribution in [1.82, 2.24) is 0 Å². The van der Waals surface area contributed by atoms with Crippen LogP contribution in [0.3, 0.4) is 0 Å². The number of rotatable bonds is 6. The van der Waals surface area contributed by atoms with Crippen LogP contribution in [-0.2, 0) is 14.3 Å². The first kappa shape index (κ1) is 19.2. The molecular weight excluding hydrogens is 366 g/mol. The van der Waals surface area contributed by atoms with E-state index in [0.717, 1.165) is 0 Å². The third-order valence-electron chi connectivity index (χ3n) is 3.25. The third-order valence-corrected chi connectivity index (χ3v) is 3.49. The standard InChI is InChI=1S/C17H14ClNO7/c1-10(16(20)24-2)25-17(21)11-3-6-13(7-4-11)26-15-8-5-12(18)9-14(15)19(22)23/h3-10H,1-2H3/t10-/m0/s1. The molecule has 0 aliphatic carbocycles. The summed E-state index contributed by atoms with van der Waals surface area (Å²) < 4.78 is 14.9. The van der Waals surface area contributed by atoms with Crippen molar-refractivity contribution in [2.75, 3.05) is 7.11 Å². The van der Waals surface area contributed by atoms with E-state index in [1.807, 2.05) is 0 Å². The number of esters is 2. The molecule has 0 unspecified atom stereocenters. The smallest absolute Gasteiger partial charge is 0.346 e. The molecule has 0 saturated heterocycles. The summed E-state index contributed by atoms with van der Waals surface area (Å²) in [4.78, 5) is 33.7. The Hall–Kier alpha value is -3.13. The fourth-order valence-electron chi connectivity index (χ4n) is 1.95. The number of ether oxygens (including phenoxy) is 3. The first-order valence-corrected chi connectivity index (χ1v) is 7.70. The number of benzene rings is 2. The molecule has 0 N–H and O–H groups in total. The van der Waals surface area contributed by atoms with E-state index in [9.17, 15) is 19.7 Å². The van der Waals surface area contributed by atoms with Gasteiger partial charge >= 0.3 is 17.6 Å². The molecule has 0 amide bonds. The molecule has 0 radical (unpaired) electrons. The van der Waals surface area contributed by atoms with Gasteiger partial charge in [0.2, 0.25) is 5.75 Å². The predicted molar refractivity (Wildman–Crippen MR) is 91.5 cm³/mol. The maximum absolute atomic E-state index is 12.0. The zero-order valence-corrected chi connectivity index (χ0v) is 14.6. The molecule has 0 aliphatic heterocycles. The highest BCUT2D eigenvalue weighted by Gasteiger charge is 2.20. The minimum absolute atomic E-state index is 0.00837. The summed E-state index contributed by atoms with van der Waals surface area (Å²) in [5.74, 6) is -1.11. The molecule has 2 aromatic carbocycles. The second kappa shape index (κ2) is 8.30. The molecule has 8 nitrogen and oxygen atoms in total. The Labute approximate surface area is 153 Å². The summed E-state index contributed by atoms with van der Waals surface area (Å²) in [5, 5.41) is 11.3. The van der Waals surface area contributed by atoms with Gasteiger partial charge in [0.25, 0.3) is 0 Å². The molecule has 0 bridgehead atoms. The van der Waals surface area contributed by atoms with E-state index in [1.54, 1.807) is 0 Å². The summed E-state index contributed by atoms with van der Waals surface area (Å²) in [5.41, 5.74) is -0.105. The fourth-order valence-corrected chi connectivity index (χ4v) is 2.11. The minimum Gasteiger partial charge on any atom is -0.466 e. The lowest BCUT2D eigenvalue weighted by Crippen LogP contribution is -2.25. The molecule has 0 aliphatic rings. The Morgan fingerprint density at radius 3 is 2.38 bits per heavy atom. The molecule has 136 valence electrons. The van der Waals surface area contributed by atoms with Gasteiger partial charge in [-0.25, -0.2) is 9.59 Å². The van der Waals surface area contributed by atoms with E-state index < -0.39 is 23.0 Å². The van der Waals surface area contributed by atoms with Gasteiger partial charge in [-0.3, -0.25) is 10.1 Å². The summed E-state index contributed by atoms with van der Waals surface area (Å²) in [6.45, 7) is 1.39. The third kappa shape index (κ3) is 4.70. The normalized spacial score (nSPS) is 11.3. The number of nitro benzene ring substituents is 1. The fraction of sp³-hybridized carbons (Fsp3) is 0.176. The molecule has 0 aromatic heterocycles. The highest BCUT2D eigenvalue weighted by molar-refractivity contribution is 6.30. The Kier molecular flexibility index (Phi) is 6.13. The predicted octanol–water partition coefficient (Wildman–Crippen LogP) is 3.76. The van der Waals surface area contributed by atoms with E-state index in [2.05, 4.69) is 4.74 Å². The van der Waals surface area contributed by atoms with Gasteiger partial charge in [0.05, 0.1) is 17.6 Å².